The normalized spacial score (nSPS) is 42.1. The average Bonchev–Trinajstić information content (AvgIpc) is 2.37. The van der Waals surface area contributed by atoms with Crippen LogP contribution >= 0.6 is 0 Å². The van der Waals surface area contributed by atoms with Crippen molar-refractivity contribution in [3.63, 3.8) is 0 Å². The van der Waals surface area contributed by atoms with Gasteiger partial charge >= 0.3 is 0 Å². The van der Waals surface area contributed by atoms with Gasteiger partial charge in [-0.15, -0.1) is 0 Å². The fourth-order valence-electron chi connectivity index (χ4n) is 3.92. The lowest BCUT2D eigenvalue weighted by atomic mass is 9.58. The summed E-state index contributed by atoms with van der Waals surface area (Å²) in [6.45, 7) is 4.37. The van der Waals surface area contributed by atoms with Crippen molar-refractivity contribution in [1.82, 2.24) is 0 Å². The molecule has 5 unspecified atom stereocenters. The Morgan fingerprint density at radius 3 is 2.72 bits per heavy atom. The van der Waals surface area contributed by atoms with Crippen molar-refractivity contribution in [1.29, 1.82) is 0 Å². The van der Waals surface area contributed by atoms with Crippen LogP contribution in [-0.2, 0) is 0 Å². The molecule has 0 aromatic carbocycles. The van der Waals surface area contributed by atoms with Crippen LogP contribution in [0.1, 0.15) is 39.5 Å². The van der Waals surface area contributed by atoms with Gasteiger partial charge in [-0.3, -0.25) is 0 Å². The minimum atomic E-state index is -0.589. The van der Waals surface area contributed by atoms with Crippen molar-refractivity contribution in [3.8, 4) is 0 Å². The Balaban J connectivity index is 2.26. The molecule has 5 atom stereocenters. The highest BCUT2D eigenvalue weighted by molar-refractivity contribution is 5.15. The highest BCUT2D eigenvalue weighted by Gasteiger charge is 2.46. The maximum atomic E-state index is 10.5. The minimum Gasteiger partial charge on any atom is -0.396 e. The third-order valence-corrected chi connectivity index (χ3v) is 5.17. The van der Waals surface area contributed by atoms with E-state index in [0.29, 0.717) is 11.8 Å². The lowest BCUT2D eigenvalue weighted by molar-refractivity contribution is -0.0856. The van der Waals surface area contributed by atoms with Gasteiger partial charge in [-0.25, -0.2) is 0 Å². The van der Waals surface area contributed by atoms with Crippen molar-refractivity contribution in [2.75, 3.05) is 13.2 Å². The molecule has 0 aromatic heterocycles. The van der Waals surface area contributed by atoms with Crippen LogP contribution in [0.25, 0.3) is 0 Å². The predicted octanol–water partition coefficient (Wildman–Crippen LogP) is 1.72. The number of hydrogen-bond acceptors (Lipinski definition) is 3. The van der Waals surface area contributed by atoms with Crippen LogP contribution in [0.5, 0.6) is 0 Å². The molecule has 2 aliphatic carbocycles. The third-order valence-electron chi connectivity index (χ3n) is 5.17. The molecule has 0 aromatic rings. The number of allylic oxidation sites excluding steroid dienone is 1. The van der Waals surface area contributed by atoms with Crippen LogP contribution in [0.15, 0.2) is 11.6 Å². The van der Waals surface area contributed by atoms with Gasteiger partial charge < -0.3 is 15.3 Å². The Morgan fingerprint density at radius 1 is 1.39 bits per heavy atom. The van der Waals surface area contributed by atoms with Crippen molar-refractivity contribution < 1.29 is 15.3 Å². The Labute approximate surface area is 110 Å². The van der Waals surface area contributed by atoms with Crippen LogP contribution in [0.4, 0.5) is 0 Å². The monoisotopic (exact) mass is 254 g/mol. The summed E-state index contributed by atoms with van der Waals surface area (Å²) < 4.78 is 0. The summed E-state index contributed by atoms with van der Waals surface area (Å²) in [5, 5.41) is 29.3. The summed E-state index contributed by atoms with van der Waals surface area (Å²) in [5.74, 6) is 1.29. The molecule has 0 radical (unpaired) electrons. The molecule has 3 nitrogen and oxygen atoms in total. The Bertz CT molecular complexity index is 322. The van der Waals surface area contributed by atoms with Crippen molar-refractivity contribution in [2.24, 2.45) is 23.7 Å². The van der Waals surface area contributed by atoms with Gasteiger partial charge in [0.15, 0.2) is 0 Å². The van der Waals surface area contributed by atoms with Gasteiger partial charge in [-0.2, -0.15) is 0 Å². The van der Waals surface area contributed by atoms with Gasteiger partial charge in [0.25, 0.3) is 0 Å². The fourth-order valence-corrected chi connectivity index (χ4v) is 3.92. The zero-order chi connectivity index (χ0) is 13.3. The molecule has 0 aliphatic heterocycles. The summed E-state index contributed by atoms with van der Waals surface area (Å²) >= 11 is 0. The number of aliphatic hydroxyl groups excluding tert-OH is 2. The Kier molecular flexibility index (Phi) is 4.15. The fraction of sp³-hybridized carbons (Fsp3) is 0.867. The number of rotatable bonds is 3. The van der Waals surface area contributed by atoms with Crippen LogP contribution in [-0.4, -0.2) is 34.1 Å². The highest BCUT2D eigenvalue weighted by atomic mass is 16.3. The molecule has 104 valence electrons. The van der Waals surface area contributed by atoms with E-state index in [1.165, 1.54) is 0 Å². The molecule has 3 heteroatoms. The zero-order valence-corrected chi connectivity index (χ0v) is 11.5. The second kappa shape index (κ2) is 5.32. The van der Waals surface area contributed by atoms with Crippen molar-refractivity contribution in [3.05, 3.63) is 11.6 Å². The molecule has 2 aliphatic rings. The quantitative estimate of drug-likeness (QED) is 0.672. The van der Waals surface area contributed by atoms with E-state index in [2.05, 4.69) is 13.0 Å². The molecular weight excluding hydrogens is 228 g/mol. The molecule has 18 heavy (non-hydrogen) atoms. The van der Waals surface area contributed by atoms with Crippen LogP contribution < -0.4 is 0 Å². The molecule has 2 rings (SSSR count). The molecule has 0 heterocycles. The van der Waals surface area contributed by atoms with E-state index in [-0.39, 0.29) is 25.0 Å². The minimum absolute atomic E-state index is 0.131. The summed E-state index contributed by atoms with van der Waals surface area (Å²) in [6.07, 6.45) is 5.82. The molecule has 0 spiro atoms. The van der Waals surface area contributed by atoms with Crippen molar-refractivity contribution in [2.45, 2.75) is 45.1 Å². The summed E-state index contributed by atoms with van der Waals surface area (Å²) in [5.41, 5.74) is 0.512. The maximum Gasteiger partial charge on any atom is 0.0653 e. The van der Waals surface area contributed by atoms with Crippen LogP contribution in [0.3, 0.4) is 0 Å². The summed E-state index contributed by atoms with van der Waals surface area (Å²) in [7, 11) is 0. The molecule has 3 N–H and O–H groups in total. The highest BCUT2D eigenvalue weighted by Crippen LogP contribution is 2.49. The lowest BCUT2D eigenvalue weighted by Crippen LogP contribution is -2.48. The Hall–Kier alpha value is -0.380. The van der Waals surface area contributed by atoms with E-state index >= 15 is 0 Å². The molecular formula is C15H26O3. The first-order valence-corrected chi connectivity index (χ1v) is 7.13. The van der Waals surface area contributed by atoms with Gasteiger partial charge in [0.05, 0.1) is 12.2 Å². The van der Waals surface area contributed by atoms with Crippen LogP contribution in [0, 0.1) is 23.7 Å². The van der Waals surface area contributed by atoms with E-state index in [1.807, 2.05) is 6.92 Å². The van der Waals surface area contributed by atoms with Gasteiger partial charge in [0.1, 0.15) is 0 Å². The zero-order valence-electron chi connectivity index (χ0n) is 11.5. The largest absolute Gasteiger partial charge is 0.396 e. The predicted molar refractivity (Wildman–Crippen MR) is 71.0 cm³/mol. The third kappa shape index (κ3) is 2.49. The second-order valence-corrected chi connectivity index (χ2v) is 6.43. The van der Waals surface area contributed by atoms with E-state index in [9.17, 15) is 15.3 Å². The van der Waals surface area contributed by atoms with Gasteiger partial charge in [0.2, 0.25) is 0 Å². The first kappa shape index (κ1) is 14.0. The lowest BCUT2D eigenvalue weighted by Gasteiger charge is -2.49. The van der Waals surface area contributed by atoms with E-state index < -0.39 is 5.60 Å². The molecule has 0 bridgehead atoms. The Morgan fingerprint density at radius 2 is 2.11 bits per heavy atom. The smallest absolute Gasteiger partial charge is 0.0653 e. The standard InChI is InChI=1S/C15H26O3/c1-10(8-16)12-5-6-15(2,18)14-4-3-11(9-17)7-13(12)14/h7,10,12-14,16-18H,3-6,8-9H2,1-2H3. The average molecular weight is 254 g/mol. The molecule has 1 fully saturated rings. The second-order valence-electron chi connectivity index (χ2n) is 6.43. The summed E-state index contributed by atoms with van der Waals surface area (Å²) in [4.78, 5) is 0. The topological polar surface area (TPSA) is 60.7 Å². The first-order valence-electron chi connectivity index (χ1n) is 7.13. The van der Waals surface area contributed by atoms with E-state index in [1.54, 1.807) is 0 Å². The number of aliphatic hydroxyl groups is 3. The van der Waals surface area contributed by atoms with Gasteiger partial charge in [0, 0.05) is 6.61 Å². The van der Waals surface area contributed by atoms with E-state index in [4.69, 9.17) is 0 Å². The summed E-state index contributed by atoms with van der Waals surface area (Å²) in [6, 6.07) is 0. The molecule has 0 saturated heterocycles. The van der Waals surface area contributed by atoms with Crippen LogP contribution in [0.2, 0.25) is 0 Å². The molecule has 0 amide bonds. The first-order chi connectivity index (χ1) is 8.49. The van der Waals surface area contributed by atoms with Gasteiger partial charge in [-0.05, 0) is 61.9 Å². The maximum absolute atomic E-state index is 10.5. The number of fused-ring (bicyclic) bond motifs is 1. The molecule has 1 saturated carbocycles. The SMILES string of the molecule is CC(CO)C1CCC(C)(O)C2CCC(CO)=CC12. The van der Waals surface area contributed by atoms with Crippen molar-refractivity contribution >= 4 is 0 Å². The number of hydrogen-bond donors (Lipinski definition) is 3. The van der Waals surface area contributed by atoms with Gasteiger partial charge in [-0.1, -0.05) is 13.0 Å². The van der Waals surface area contributed by atoms with E-state index in [0.717, 1.165) is 31.3 Å².